The summed E-state index contributed by atoms with van der Waals surface area (Å²) < 4.78 is 0. The molecule has 0 radical (unpaired) electrons. The molecule has 0 fully saturated rings. The van der Waals surface area contributed by atoms with Crippen LogP contribution in [0.4, 0.5) is 0 Å². The van der Waals surface area contributed by atoms with Gasteiger partial charge in [-0.05, 0) is 138 Å². The highest BCUT2D eigenvalue weighted by molar-refractivity contribution is 6.11. The fourth-order valence-electron chi connectivity index (χ4n) is 10.3. The number of rotatable bonds is 7. The lowest BCUT2D eigenvalue weighted by atomic mass is 9.76. The van der Waals surface area contributed by atoms with Crippen molar-refractivity contribution in [1.29, 1.82) is 0 Å². The van der Waals surface area contributed by atoms with Gasteiger partial charge in [0.15, 0.2) is 0 Å². The van der Waals surface area contributed by atoms with Crippen LogP contribution in [0.3, 0.4) is 0 Å². The third-order valence-electron chi connectivity index (χ3n) is 13.4. The first-order valence-electron chi connectivity index (χ1n) is 21.7. The minimum absolute atomic E-state index is 0.973. The lowest BCUT2D eigenvalue weighted by Crippen LogP contribution is -2.31. The van der Waals surface area contributed by atoms with Gasteiger partial charge in [-0.15, -0.1) is 0 Å². The molecule has 2 heteroatoms. The molecule has 11 rings (SSSR count). The zero-order valence-corrected chi connectivity index (χ0v) is 34.0. The number of allylic oxidation sites excluding steroid dienone is 7. The number of hydrogen-bond donors (Lipinski definition) is 0. The van der Waals surface area contributed by atoms with Crippen molar-refractivity contribution in [2.45, 2.75) is 71.1 Å². The standard InChI is InChI=1S/C57H48N2/c1-36(38-14-4-3-5-15-38)24-25-39-26-29-42-33-35-52(59-56(42)37(39)2)55-47-20-10-8-18-45(47)53(46-19-9-11-21-48(46)55)41-27-30-43(31-28-41)57-50-34-32-40-16-6-7-17-44(40)54(50)49-22-12-13-23-51(49)58-57/h3-4,6-8,11,14,16-18,21-23,26-35H,1,5,9-10,12-13,15,19-20,24-25H2,2H3. The maximum atomic E-state index is 5.55. The first-order valence-corrected chi connectivity index (χ1v) is 21.7. The third kappa shape index (κ3) is 6.16. The molecular formula is C57H48N2. The van der Waals surface area contributed by atoms with E-state index in [1.54, 1.807) is 0 Å². The Hall–Kier alpha value is -6.38. The summed E-state index contributed by atoms with van der Waals surface area (Å²) in [5.41, 5.74) is 19.3. The van der Waals surface area contributed by atoms with E-state index in [1.807, 2.05) is 0 Å². The van der Waals surface area contributed by atoms with Crippen molar-refractivity contribution >= 4 is 56.8 Å². The summed E-state index contributed by atoms with van der Waals surface area (Å²) in [6, 6.07) is 31.8. The van der Waals surface area contributed by atoms with Gasteiger partial charge in [0.2, 0.25) is 0 Å². The largest absolute Gasteiger partial charge is 0.247 e. The molecule has 4 aliphatic rings. The average Bonchev–Trinajstić information content (AvgIpc) is 3.30. The number of hydrogen-bond acceptors (Lipinski definition) is 2. The first-order chi connectivity index (χ1) is 29.1. The second-order valence-electron chi connectivity index (χ2n) is 16.8. The van der Waals surface area contributed by atoms with E-state index in [1.165, 1.54) is 93.4 Å². The third-order valence-corrected chi connectivity index (χ3v) is 13.4. The Labute approximate surface area is 347 Å². The Morgan fingerprint density at radius 2 is 1.37 bits per heavy atom. The van der Waals surface area contributed by atoms with Crippen LogP contribution in [-0.2, 0) is 19.3 Å². The van der Waals surface area contributed by atoms with Crippen LogP contribution < -0.4 is 10.6 Å². The smallest absolute Gasteiger partial charge is 0.0788 e. The van der Waals surface area contributed by atoms with Crippen LogP contribution in [-0.4, -0.2) is 9.97 Å². The van der Waals surface area contributed by atoms with Gasteiger partial charge in [0.25, 0.3) is 0 Å². The van der Waals surface area contributed by atoms with Crippen molar-refractivity contribution < 1.29 is 0 Å². The number of benzene rings is 5. The summed E-state index contributed by atoms with van der Waals surface area (Å²) in [6.07, 6.45) is 31.2. The highest BCUT2D eigenvalue weighted by Crippen LogP contribution is 2.46. The molecule has 0 unspecified atom stereocenters. The van der Waals surface area contributed by atoms with E-state index in [0.717, 1.165) is 92.0 Å². The number of nitrogens with zero attached hydrogens (tertiary/aromatic N) is 2. The van der Waals surface area contributed by atoms with Crippen molar-refractivity contribution in [3.63, 3.8) is 0 Å². The van der Waals surface area contributed by atoms with Crippen LogP contribution in [0.5, 0.6) is 0 Å². The van der Waals surface area contributed by atoms with Crippen molar-refractivity contribution in [2.75, 3.05) is 0 Å². The fourth-order valence-corrected chi connectivity index (χ4v) is 10.3. The Morgan fingerprint density at radius 3 is 2.20 bits per heavy atom. The normalized spacial score (nSPS) is 15.4. The lowest BCUT2D eigenvalue weighted by Gasteiger charge is -2.28. The molecule has 2 aromatic heterocycles. The number of pyridine rings is 2. The van der Waals surface area contributed by atoms with E-state index >= 15 is 0 Å². The zero-order chi connectivity index (χ0) is 39.5. The molecule has 4 aliphatic carbocycles. The van der Waals surface area contributed by atoms with Crippen LogP contribution in [0.25, 0.3) is 90.4 Å². The summed E-state index contributed by atoms with van der Waals surface area (Å²) >= 11 is 0. The van der Waals surface area contributed by atoms with E-state index in [-0.39, 0.29) is 0 Å². The Bertz CT molecular complexity index is 3170. The van der Waals surface area contributed by atoms with Crippen LogP contribution >= 0.6 is 0 Å². The molecule has 2 nitrogen and oxygen atoms in total. The predicted molar refractivity (Wildman–Crippen MR) is 252 cm³/mol. The highest BCUT2D eigenvalue weighted by atomic mass is 14.7. The van der Waals surface area contributed by atoms with E-state index in [4.69, 9.17) is 9.97 Å². The van der Waals surface area contributed by atoms with Gasteiger partial charge in [-0.2, -0.15) is 0 Å². The topological polar surface area (TPSA) is 25.8 Å². The minimum Gasteiger partial charge on any atom is -0.247 e. The molecule has 59 heavy (non-hydrogen) atoms. The van der Waals surface area contributed by atoms with Gasteiger partial charge < -0.3 is 0 Å². The maximum Gasteiger partial charge on any atom is 0.0788 e. The molecule has 0 amide bonds. The first kappa shape index (κ1) is 35.8. The number of aromatic nitrogens is 2. The van der Waals surface area contributed by atoms with Gasteiger partial charge >= 0.3 is 0 Å². The highest BCUT2D eigenvalue weighted by Gasteiger charge is 2.26. The summed E-state index contributed by atoms with van der Waals surface area (Å²) in [7, 11) is 0. The fraction of sp³-hybridized carbons (Fsp3) is 0.193. The molecular weight excluding hydrogens is 713 g/mol. The minimum atomic E-state index is 0.973. The molecule has 7 aromatic rings. The van der Waals surface area contributed by atoms with Gasteiger partial charge in [-0.25, -0.2) is 9.97 Å². The average molecular weight is 761 g/mol. The SMILES string of the molecule is C=C(CCc1ccc2ccc(-c3c4c(c(-c5ccc(-c6nc7c(c8c6ccc6ccccc68)=CCCC=7)cc5)c5c3CCC=C5)CCC=C4)nc2c1C)C1=CC=CCC1. The molecule has 0 N–H and O–H groups in total. The van der Waals surface area contributed by atoms with Gasteiger partial charge in [0.05, 0.1) is 22.3 Å². The van der Waals surface area contributed by atoms with Crippen molar-refractivity contribution in [2.24, 2.45) is 0 Å². The predicted octanol–water partition coefficient (Wildman–Crippen LogP) is 13.3. The van der Waals surface area contributed by atoms with E-state index < -0.39 is 0 Å². The summed E-state index contributed by atoms with van der Waals surface area (Å²) in [5, 5.41) is 8.72. The molecule has 0 atom stereocenters. The number of fused-ring (bicyclic) bond motifs is 8. The van der Waals surface area contributed by atoms with Gasteiger partial charge in [0, 0.05) is 32.5 Å². The quantitative estimate of drug-likeness (QED) is 0.151. The van der Waals surface area contributed by atoms with Gasteiger partial charge in [-0.1, -0.05) is 146 Å². The molecule has 0 saturated carbocycles. The summed E-state index contributed by atoms with van der Waals surface area (Å²) in [6.45, 7) is 6.73. The molecule has 2 heterocycles. The zero-order valence-electron chi connectivity index (χ0n) is 34.0. The van der Waals surface area contributed by atoms with Crippen LogP contribution in [0.15, 0.2) is 133 Å². The summed E-state index contributed by atoms with van der Waals surface area (Å²) in [5.74, 6) is 0. The maximum absolute atomic E-state index is 5.55. The van der Waals surface area contributed by atoms with E-state index in [9.17, 15) is 0 Å². The lowest BCUT2D eigenvalue weighted by molar-refractivity contribution is 0.891. The monoisotopic (exact) mass is 760 g/mol. The van der Waals surface area contributed by atoms with E-state index in [2.05, 4.69) is 153 Å². The van der Waals surface area contributed by atoms with Crippen LogP contribution in [0.2, 0.25) is 0 Å². The molecule has 0 bridgehead atoms. The van der Waals surface area contributed by atoms with E-state index in [0.29, 0.717) is 0 Å². The summed E-state index contributed by atoms with van der Waals surface area (Å²) in [4.78, 5) is 10.9. The second-order valence-corrected chi connectivity index (χ2v) is 16.8. The van der Waals surface area contributed by atoms with Gasteiger partial charge in [-0.3, -0.25) is 0 Å². The molecule has 5 aromatic carbocycles. The van der Waals surface area contributed by atoms with Gasteiger partial charge in [0.1, 0.15) is 0 Å². The molecule has 0 aliphatic heterocycles. The van der Waals surface area contributed by atoms with Crippen LogP contribution in [0, 0.1) is 6.92 Å². The second kappa shape index (κ2) is 14.8. The van der Waals surface area contributed by atoms with Crippen molar-refractivity contribution in [3.8, 4) is 33.6 Å². The Morgan fingerprint density at radius 1 is 0.644 bits per heavy atom. The molecule has 286 valence electrons. The van der Waals surface area contributed by atoms with Crippen molar-refractivity contribution in [3.05, 3.63) is 177 Å². The Balaban J connectivity index is 1.01. The number of aryl methyl sites for hydroxylation is 2. The molecule has 0 saturated heterocycles. The van der Waals surface area contributed by atoms with Crippen LogP contribution in [0.1, 0.15) is 78.3 Å². The van der Waals surface area contributed by atoms with Crippen molar-refractivity contribution in [1.82, 2.24) is 9.97 Å². The Kier molecular flexibility index (Phi) is 8.95. The molecule has 0 spiro atoms.